The molecule has 0 saturated heterocycles. The van der Waals surface area contributed by atoms with E-state index in [1.54, 1.807) is 30.2 Å². The lowest BCUT2D eigenvalue weighted by Gasteiger charge is -2.37. The third-order valence-electron chi connectivity index (χ3n) is 5.02. The van der Waals surface area contributed by atoms with Crippen LogP contribution in [0.15, 0.2) is 87.5 Å². The predicted molar refractivity (Wildman–Crippen MR) is 122 cm³/mol. The highest BCUT2D eigenvalue weighted by Gasteiger charge is 2.32. The number of hydrogen-bond donors (Lipinski definition) is 1. The Morgan fingerprint density at radius 1 is 1.10 bits per heavy atom. The van der Waals surface area contributed by atoms with Crippen LogP contribution < -0.4 is 10.7 Å². The molecule has 1 atom stereocenters. The van der Waals surface area contributed by atoms with Crippen molar-refractivity contribution in [3.05, 3.63) is 78.6 Å². The number of furan rings is 1. The molecule has 156 valence electrons. The molecule has 7 nitrogen and oxygen atoms in total. The van der Waals surface area contributed by atoms with Crippen molar-refractivity contribution in [1.29, 1.82) is 0 Å². The van der Waals surface area contributed by atoms with Crippen molar-refractivity contribution < 1.29 is 9.21 Å². The molecule has 2 aromatic carbocycles. The number of nitrogens with two attached hydrogens (primary N) is 1. The van der Waals surface area contributed by atoms with Gasteiger partial charge in [0.05, 0.1) is 23.7 Å². The Hall–Kier alpha value is -3.17. The summed E-state index contributed by atoms with van der Waals surface area (Å²) < 4.78 is 6.70. The van der Waals surface area contributed by atoms with Crippen LogP contribution in [0.2, 0.25) is 0 Å². The third kappa shape index (κ3) is 3.82. The van der Waals surface area contributed by atoms with Gasteiger partial charge in [-0.05, 0) is 29.8 Å². The highest BCUT2D eigenvalue weighted by atomic mass is 32.2. The van der Waals surface area contributed by atoms with E-state index in [0.29, 0.717) is 16.7 Å². The molecule has 0 fully saturated rings. The SMILES string of the molecule is Nn1c(SCC(=O)N2c3ccccc3SC[C@H]2c2ccccc2)nnc1-c1ccco1. The molecule has 1 aliphatic rings. The normalized spacial score (nSPS) is 15.6. The standard InChI is InChI=1S/C22H19N5O2S2/c23-27-21(18-10-6-12-29-18)24-25-22(27)31-14-20(28)26-16-9-4-5-11-19(16)30-13-17(26)15-7-2-1-3-8-15/h1-12,17H,13-14,23H2/t17-/m0/s1. The fourth-order valence-corrected chi connectivity index (χ4v) is 5.45. The van der Waals surface area contributed by atoms with E-state index < -0.39 is 0 Å². The quantitative estimate of drug-likeness (QED) is 0.360. The van der Waals surface area contributed by atoms with Crippen LogP contribution in [0.5, 0.6) is 0 Å². The van der Waals surface area contributed by atoms with E-state index in [0.717, 1.165) is 21.9 Å². The first-order chi connectivity index (χ1) is 15.2. The van der Waals surface area contributed by atoms with Gasteiger partial charge in [-0.15, -0.1) is 22.0 Å². The van der Waals surface area contributed by atoms with E-state index in [9.17, 15) is 4.79 Å². The molecule has 0 bridgehead atoms. The minimum atomic E-state index is -0.0383. The van der Waals surface area contributed by atoms with Crippen LogP contribution in [0, 0.1) is 0 Å². The molecule has 1 amide bonds. The Bertz CT molecular complexity index is 1190. The lowest BCUT2D eigenvalue weighted by Crippen LogP contribution is -2.39. The number of aromatic nitrogens is 3. The highest BCUT2D eigenvalue weighted by molar-refractivity contribution is 8.00. The van der Waals surface area contributed by atoms with Gasteiger partial charge in [0.2, 0.25) is 16.9 Å². The fraction of sp³-hybridized carbons (Fsp3) is 0.136. The summed E-state index contributed by atoms with van der Waals surface area (Å²) in [6.45, 7) is 0. The number of rotatable bonds is 5. The third-order valence-corrected chi connectivity index (χ3v) is 7.08. The zero-order valence-electron chi connectivity index (χ0n) is 16.4. The fourth-order valence-electron chi connectivity index (χ4n) is 3.56. The molecule has 3 heterocycles. The number of hydrogen-bond acceptors (Lipinski definition) is 7. The second-order valence-corrected chi connectivity index (χ2v) is 8.92. The number of nitrogen functional groups attached to an aromatic ring is 1. The number of amides is 1. The Kier molecular flexibility index (Phi) is 5.44. The van der Waals surface area contributed by atoms with Gasteiger partial charge in [0, 0.05) is 10.6 Å². The summed E-state index contributed by atoms with van der Waals surface area (Å²) in [5.74, 6) is 8.07. The van der Waals surface area contributed by atoms with Crippen molar-refractivity contribution in [2.45, 2.75) is 16.1 Å². The second-order valence-electron chi connectivity index (χ2n) is 6.91. The summed E-state index contributed by atoms with van der Waals surface area (Å²) in [5.41, 5.74) is 2.05. The second kappa shape index (κ2) is 8.52. The average molecular weight is 450 g/mol. The van der Waals surface area contributed by atoms with Gasteiger partial charge < -0.3 is 15.2 Å². The van der Waals surface area contributed by atoms with Gasteiger partial charge in [-0.2, -0.15) is 0 Å². The van der Waals surface area contributed by atoms with E-state index >= 15 is 0 Å². The summed E-state index contributed by atoms with van der Waals surface area (Å²) >= 11 is 3.04. The van der Waals surface area contributed by atoms with Crippen LogP contribution in [0.4, 0.5) is 5.69 Å². The Labute approximate surface area is 187 Å². The van der Waals surface area contributed by atoms with Crippen LogP contribution in [-0.2, 0) is 4.79 Å². The molecule has 0 spiro atoms. The summed E-state index contributed by atoms with van der Waals surface area (Å²) in [4.78, 5) is 16.5. The largest absolute Gasteiger partial charge is 0.461 e. The first kappa shape index (κ1) is 19.8. The molecule has 2 N–H and O–H groups in total. The van der Waals surface area contributed by atoms with Crippen LogP contribution in [-0.4, -0.2) is 32.3 Å². The van der Waals surface area contributed by atoms with Gasteiger partial charge in [-0.1, -0.05) is 54.2 Å². The van der Waals surface area contributed by atoms with Crippen molar-refractivity contribution in [1.82, 2.24) is 14.9 Å². The van der Waals surface area contributed by atoms with Crippen molar-refractivity contribution in [3.8, 4) is 11.6 Å². The summed E-state index contributed by atoms with van der Waals surface area (Å²) in [6, 6.07) is 21.6. The number of fused-ring (bicyclic) bond motifs is 1. The molecule has 1 aliphatic heterocycles. The molecule has 2 aromatic heterocycles. The number of anilines is 1. The summed E-state index contributed by atoms with van der Waals surface area (Å²) in [7, 11) is 0. The van der Waals surface area contributed by atoms with Crippen molar-refractivity contribution >= 4 is 35.1 Å². The van der Waals surface area contributed by atoms with E-state index in [2.05, 4.69) is 28.4 Å². The van der Waals surface area contributed by atoms with E-state index in [1.807, 2.05) is 41.3 Å². The average Bonchev–Trinajstić information content (AvgIpc) is 3.47. The first-order valence-electron chi connectivity index (χ1n) is 9.68. The number of thioether (sulfide) groups is 2. The highest BCUT2D eigenvalue weighted by Crippen LogP contribution is 2.43. The molecule has 9 heteroatoms. The number of nitrogens with zero attached hydrogens (tertiary/aromatic N) is 4. The minimum absolute atomic E-state index is 0.00542. The Balaban J connectivity index is 1.40. The van der Waals surface area contributed by atoms with Crippen LogP contribution in [0.3, 0.4) is 0 Å². The van der Waals surface area contributed by atoms with Gasteiger partial charge in [0.25, 0.3) is 0 Å². The minimum Gasteiger partial charge on any atom is -0.461 e. The van der Waals surface area contributed by atoms with Gasteiger partial charge in [-0.3, -0.25) is 4.79 Å². The Morgan fingerprint density at radius 2 is 1.90 bits per heavy atom. The summed E-state index contributed by atoms with van der Waals surface area (Å²) in [6.07, 6.45) is 1.55. The van der Waals surface area contributed by atoms with Gasteiger partial charge >= 0.3 is 0 Å². The van der Waals surface area contributed by atoms with Crippen LogP contribution in [0.25, 0.3) is 11.6 Å². The van der Waals surface area contributed by atoms with E-state index in [4.69, 9.17) is 10.3 Å². The monoisotopic (exact) mass is 449 g/mol. The maximum Gasteiger partial charge on any atom is 0.238 e. The maximum absolute atomic E-state index is 13.4. The van der Waals surface area contributed by atoms with E-state index in [-0.39, 0.29) is 17.7 Å². The zero-order chi connectivity index (χ0) is 21.2. The molecule has 0 aliphatic carbocycles. The molecule has 31 heavy (non-hydrogen) atoms. The van der Waals surface area contributed by atoms with Gasteiger partial charge in [-0.25, -0.2) is 4.68 Å². The molecule has 0 saturated carbocycles. The number of carbonyl (C=O) groups is 1. The summed E-state index contributed by atoms with van der Waals surface area (Å²) in [5, 5.41) is 8.67. The molecule has 4 aromatic rings. The molecule has 0 radical (unpaired) electrons. The van der Waals surface area contributed by atoms with Gasteiger partial charge in [0.15, 0.2) is 5.76 Å². The van der Waals surface area contributed by atoms with Crippen molar-refractivity contribution in [2.75, 3.05) is 22.2 Å². The topological polar surface area (TPSA) is 90.2 Å². The van der Waals surface area contributed by atoms with Crippen molar-refractivity contribution in [2.24, 2.45) is 0 Å². The van der Waals surface area contributed by atoms with Crippen LogP contribution in [0.1, 0.15) is 11.6 Å². The van der Waals surface area contributed by atoms with Crippen LogP contribution >= 0.6 is 23.5 Å². The molecule has 0 unspecified atom stereocenters. The molecular weight excluding hydrogens is 430 g/mol. The number of carbonyl (C=O) groups excluding carboxylic acids is 1. The Morgan fingerprint density at radius 3 is 2.71 bits per heavy atom. The zero-order valence-corrected chi connectivity index (χ0v) is 18.1. The lowest BCUT2D eigenvalue weighted by atomic mass is 10.1. The van der Waals surface area contributed by atoms with Crippen molar-refractivity contribution in [3.63, 3.8) is 0 Å². The number of benzene rings is 2. The maximum atomic E-state index is 13.4. The first-order valence-corrected chi connectivity index (χ1v) is 11.7. The molecular formula is C22H19N5O2S2. The predicted octanol–water partition coefficient (Wildman–Crippen LogP) is 4.22. The lowest BCUT2D eigenvalue weighted by molar-refractivity contribution is -0.116. The smallest absolute Gasteiger partial charge is 0.238 e. The molecule has 5 rings (SSSR count). The van der Waals surface area contributed by atoms with Gasteiger partial charge in [0.1, 0.15) is 0 Å². The van der Waals surface area contributed by atoms with E-state index in [1.165, 1.54) is 16.4 Å². The number of para-hydroxylation sites is 1.